The molecule has 1 heterocycles. The molecule has 0 spiro atoms. The fourth-order valence-electron chi connectivity index (χ4n) is 2.07. The van der Waals surface area contributed by atoms with Crippen LogP contribution in [0.25, 0.3) is 0 Å². The molecule has 0 aromatic heterocycles. The van der Waals surface area contributed by atoms with Gasteiger partial charge in [-0.15, -0.1) is 0 Å². The predicted molar refractivity (Wildman–Crippen MR) is 68.4 cm³/mol. The van der Waals surface area contributed by atoms with Gasteiger partial charge in [0.25, 0.3) is 0 Å². The van der Waals surface area contributed by atoms with Gasteiger partial charge >= 0.3 is 0 Å². The Kier molecular flexibility index (Phi) is 3.91. The summed E-state index contributed by atoms with van der Waals surface area (Å²) in [6.45, 7) is 2.29. The van der Waals surface area contributed by atoms with Crippen LogP contribution in [0, 0.1) is 0 Å². The fraction of sp³-hybridized carbons (Fsp3) is 0.462. The van der Waals surface area contributed by atoms with Crippen LogP contribution in [0.2, 0.25) is 0 Å². The topological polar surface area (TPSA) is 44.7 Å². The van der Waals surface area contributed by atoms with Gasteiger partial charge in [0.05, 0.1) is 5.69 Å². The third kappa shape index (κ3) is 3.41. The highest BCUT2D eigenvalue weighted by atomic mass is 16.1. The first kappa shape index (κ1) is 11.8. The fourth-order valence-corrected chi connectivity index (χ4v) is 2.07. The molecule has 1 aromatic carbocycles. The molecule has 0 unspecified atom stereocenters. The van der Waals surface area contributed by atoms with Gasteiger partial charge in [0.2, 0.25) is 6.08 Å². The first-order valence-electron chi connectivity index (χ1n) is 5.91. The van der Waals surface area contributed by atoms with Gasteiger partial charge in [-0.05, 0) is 57.2 Å². The second-order valence-corrected chi connectivity index (χ2v) is 4.47. The van der Waals surface area contributed by atoms with Gasteiger partial charge in [0.1, 0.15) is 0 Å². The number of hydrogen-bond acceptors (Lipinski definition) is 4. The average molecular weight is 231 g/mol. The monoisotopic (exact) mass is 231 g/mol. The summed E-state index contributed by atoms with van der Waals surface area (Å²) in [7, 11) is 2.16. The Morgan fingerprint density at radius 3 is 2.53 bits per heavy atom. The molecule has 1 N–H and O–H groups in total. The van der Waals surface area contributed by atoms with Gasteiger partial charge in [0, 0.05) is 11.7 Å². The lowest BCUT2D eigenvalue weighted by Crippen LogP contribution is -2.36. The third-order valence-electron chi connectivity index (χ3n) is 3.13. The second-order valence-electron chi connectivity index (χ2n) is 4.47. The zero-order chi connectivity index (χ0) is 12.1. The van der Waals surface area contributed by atoms with Crippen LogP contribution < -0.4 is 5.32 Å². The third-order valence-corrected chi connectivity index (χ3v) is 3.13. The highest BCUT2D eigenvalue weighted by molar-refractivity contribution is 5.55. The van der Waals surface area contributed by atoms with E-state index in [1.54, 1.807) is 0 Å². The Bertz CT molecular complexity index is 401. The lowest BCUT2D eigenvalue weighted by atomic mass is 10.1. The maximum Gasteiger partial charge on any atom is 0.240 e. The van der Waals surface area contributed by atoms with E-state index in [2.05, 4.69) is 22.3 Å². The number of likely N-dealkylation sites (tertiary alicyclic amines) is 1. The summed E-state index contributed by atoms with van der Waals surface area (Å²) < 4.78 is 0. The minimum atomic E-state index is 0.548. The number of nitrogens with one attached hydrogen (secondary N) is 1. The second kappa shape index (κ2) is 5.62. The lowest BCUT2D eigenvalue weighted by Gasteiger charge is -2.30. The van der Waals surface area contributed by atoms with Gasteiger partial charge < -0.3 is 10.2 Å². The molecule has 1 aromatic rings. The van der Waals surface area contributed by atoms with Crippen molar-refractivity contribution in [2.45, 2.75) is 18.9 Å². The summed E-state index contributed by atoms with van der Waals surface area (Å²) in [5.41, 5.74) is 1.73. The van der Waals surface area contributed by atoms with Crippen LogP contribution in [0.3, 0.4) is 0 Å². The zero-order valence-corrected chi connectivity index (χ0v) is 10.0. The number of carbonyl (C=O) groups excluding carboxylic acids is 1. The molecule has 0 amide bonds. The van der Waals surface area contributed by atoms with E-state index in [-0.39, 0.29) is 0 Å². The van der Waals surface area contributed by atoms with Crippen LogP contribution in [0.1, 0.15) is 12.8 Å². The number of nitrogens with zero attached hydrogens (tertiary/aromatic N) is 2. The van der Waals surface area contributed by atoms with Crippen molar-refractivity contribution in [2.24, 2.45) is 4.99 Å². The van der Waals surface area contributed by atoms with E-state index in [9.17, 15) is 4.79 Å². The number of hydrogen-bond donors (Lipinski definition) is 1. The minimum absolute atomic E-state index is 0.548. The van der Waals surface area contributed by atoms with Crippen molar-refractivity contribution in [1.82, 2.24) is 4.90 Å². The predicted octanol–water partition coefficient (Wildman–Crippen LogP) is 2.16. The maximum absolute atomic E-state index is 10.1. The SMILES string of the molecule is CN1CCC(Nc2ccc(N=C=O)cc2)CC1. The van der Waals surface area contributed by atoms with Crippen molar-refractivity contribution in [3.63, 3.8) is 0 Å². The van der Waals surface area contributed by atoms with Crippen LogP contribution in [0.15, 0.2) is 29.3 Å². The Morgan fingerprint density at radius 1 is 1.29 bits per heavy atom. The van der Waals surface area contributed by atoms with Gasteiger partial charge in [-0.3, -0.25) is 0 Å². The van der Waals surface area contributed by atoms with Crippen molar-refractivity contribution in [1.29, 1.82) is 0 Å². The number of rotatable bonds is 3. The molecule has 0 aliphatic carbocycles. The lowest BCUT2D eigenvalue weighted by molar-refractivity contribution is 0.264. The highest BCUT2D eigenvalue weighted by Gasteiger charge is 2.15. The van der Waals surface area contributed by atoms with Crippen LogP contribution >= 0.6 is 0 Å². The van der Waals surface area contributed by atoms with Gasteiger partial charge in [-0.25, -0.2) is 4.79 Å². The largest absolute Gasteiger partial charge is 0.382 e. The van der Waals surface area contributed by atoms with Gasteiger partial charge in [-0.1, -0.05) is 0 Å². The van der Waals surface area contributed by atoms with Crippen LogP contribution in [0.5, 0.6) is 0 Å². The van der Waals surface area contributed by atoms with E-state index in [1.165, 1.54) is 18.9 Å². The van der Waals surface area contributed by atoms with Gasteiger partial charge in [0.15, 0.2) is 0 Å². The summed E-state index contributed by atoms with van der Waals surface area (Å²) in [5, 5.41) is 3.50. The number of benzene rings is 1. The Hall–Kier alpha value is -1.64. The molecule has 4 nitrogen and oxygen atoms in total. The summed E-state index contributed by atoms with van der Waals surface area (Å²) in [6, 6.07) is 8.10. The van der Waals surface area contributed by atoms with Crippen LogP contribution in [-0.4, -0.2) is 37.2 Å². The Morgan fingerprint density at radius 2 is 1.94 bits per heavy atom. The van der Waals surface area contributed by atoms with Crippen LogP contribution in [-0.2, 0) is 4.79 Å². The average Bonchev–Trinajstić information content (AvgIpc) is 2.35. The number of piperidine rings is 1. The molecule has 1 fully saturated rings. The molecule has 0 radical (unpaired) electrons. The highest BCUT2D eigenvalue weighted by Crippen LogP contribution is 2.19. The summed E-state index contributed by atoms with van der Waals surface area (Å²) >= 11 is 0. The van der Waals surface area contributed by atoms with Gasteiger partial charge in [-0.2, -0.15) is 4.99 Å². The molecule has 0 atom stereocenters. The Labute approximate surface area is 101 Å². The molecule has 1 aliphatic heterocycles. The molecule has 90 valence electrons. The maximum atomic E-state index is 10.1. The van der Waals surface area contributed by atoms with E-state index < -0.39 is 0 Å². The van der Waals surface area contributed by atoms with E-state index in [1.807, 2.05) is 24.3 Å². The summed E-state index contributed by atoms with van der Waals surface area (Å²) in [5.74, 6) is 0. The molecule has 17 heavy (non-hydrogen) atoms. The molecule has 1 aliphatic rings. The summed E-state index contributed by atoms with van der Waals surface area (Å²) in [6.07, 6.45) is 3.88. The number of anilines is 1. The smallest absolute Gasteiger partial charge is 0.240 e. The quantitative estimate of drug-likeness (QED) is 0.640. The van der Waals surface area contributed by atoms with E-state index in [0.29, 0.717) is 11.7 Å². The van der Waals surface area contributed by atoms with Crippen molar-refractivity contribution in [3.8, 4) is 0 Å². The summed E-state index contributed by atoms with van der Waals surface area (Å²) in [4.78, 5) is 16.0. The van der Waals surface area contributed by atoms with Crippen molar-refractivity contribution in [2.75, 3.05) is 25.5 Å². The first-order valence-corrected chi connectivity index (χ1v) is 5.91. The van der Waals surface area contributed by atoms with E-state index in [0.717, 1.165) is 18.8 Å². The van der Waals surface area contributed by atoms with E-state index in [4.69, 9.17) is 0 Å². The van der Waals surface area contributed by atoms with Crippen LogP contribution in [0.4, 0.5) is 11.4 Å². The first-order chi connectivity index (χ1) is 8.28. The number of aliphatic imine (C=N–C) groups is 1. The molecule has 0 bridgehead atoms. The standard InChI is InChI=1S/C13H17N3O/c1-16-8-6-13(7-9-16)15-12-4-2-11(3-5-12)14-10-17/h2-5,13,15H,6-9H2,1H3. The molecule has 2 rings (SSSR count). The van der Waals surface area contributed by atoms with Crippen molar-refractivity contribution in [3.05, 3.63) is 24.3 Å². The minimum Gasteiger partial charge on any atom is -0.382 e. The normalized spacial score (nSPS) is 17.5. The zero-order valence-electron chi connectivity index (χ0n) is 10.0. The molecule has 0 saturated carbocycles. The molecule has 1 saturated heterocycles. The molecule has 4 heteroatoms. The van der Waals surface area contributed by atoms with E-state index >= 15 is 0 Å². The number of isocyanates is 1. The molecular weight excluding hydrogens is 214 g/mol. The van der Waals surface area contributed by atoms with Crippen molar-refractivity contribution < 1.29 is 4.79 Å². The van der Waals surface area contributed by atoms with Crippen molar-refractivity contribution >= 4 is 17.5 Å². The molecular formula is C13H17N3O. The Balaban J connectivity index is 1.92.